The molecule has 0 aromatic heterocycles. The summed E-state index contributed by atoms with van der Waals surface area (Å²) >= 11 is 0. The van der Waals surface area contributed by atoms with Crippen LogP contribution in [0, 0.1) is 11.8 Å². The minimum Gasteiger partial charge on any atom is -0.495 e. The number of hydrogen-bond donors (Lipinski definition) is 1. The van der Waals surface area contributed by atoms with Gasteiger partial charge in [-0.05, 0) is 31.0 Å². The topological polar surface area (TPSA) is 72.6 Å². The molecule has 0 radical (unpaired) electrons. The highest BCUT2D eigenvalue weighted by molar-refractivity contribution is 7.89. The molecule has 20 heavy (non-hydrogen) atoms. The molecular formula is C14H18N2O3S. The highest BCUT2D eigenvalue weighted by Gasteiger charge is 2.27. The van der Waals surface area contributed by atoms with Crippen molar-refractivity contribution < 1.29 is 13.2 Å². The van der Waals surface area contributed by atoms with Gasteiger partial charge in [-0.3, -0.25) is 0 Å². The Labute approximate surface area is 119 Å². The summed E-state index contributed by atoms with van der Waals surface area (Å²) in [5.74, 6) is 6.11. The Balaban J connectivity index is 2.42. The standard InChI is InChI=1S/C14H18N2O3S/c1-19-14-7-6-13(11-12(14)5-4-8-15)20(17,18)16-9-2-3-10-16/h6-7,11H,2-3,8-10,15H2,1H3. The second kappa shape index (κ2) is 6.27. The highest BCUT2D eigenvalue weighted by atomic mass is 32.2. The number of sulfonamides is 1. The Morgan fingerprint density at radius 2 is 2.05 bits per heavy atom. The molecule has 1 saturated heterocycles. The lowest BCUT2D eigenvalue weighted by molar-refractivity contribution is 0.413. The van der Waals surface area contributed by atoms with Gasteiger partial charge in [0, 0.05) is 13.1 Å². The molecule has 1 heterocycles. The fraction of sp³-hybridized carbons (Fsp3) is 0.429. The van der Waals surface area contributed by atoms with Crippen molar-refractivity contribution in [2.24, 2.45) is 5.73 Å². The summed E-state index contributed by atoms with van der Waals surface area (Å²) in [4.78, 5) is 0.251. The molecule has 0 saturated carbocycles. The van der Waals surface area contributed by atoms with E-state index in [4.69, 9.17) is 10.5 Å². The van der Waals surface area contributed by atoms with Crippen LogP contribution < -0.4 is 10.5 Å². The zero-order chi connectivity index (χ0) is 14.6. The molecule has 5 nitrogen and oxygen atoms in total. The van der Waals surface area contributed by atoms with Crippen LogP contribution in [0.5, 0.6) is 5.75 Å². The molecule has 0 unspecified atom stereocenters. The van der Waals surface area contributed by atoms with Crippen LogP contribution in [0.15, 0.2) is 23.1 Å². The zero-order valence-corrected chi connectivity index (χ0v) is 12.2. The van der Waals surface area contributed by atoms with Crippen molar-refractivity contribution in [2.75, 3.05) is 26.7 Å². The maximum atomic E-state index is 12.5. The number of benzene rings is 1. The Hall–Kier alpha value is -1.55. The number of ether oxygens (including phenoxy) is 1. The van der Waals surface area contributed by atoms with Gasteiger partial charge in [-0.2, -0.15) is 4.31 Å². The van der Waals surface area contributed by atoms with Gasteiger partial charge in [-0.1, -0.05) is 11.8 Å². The van der Waals surface area contributed by atoms with Crippen molar-refractivity contribution in [1.29, 1.82) is 0 Å². The van der Waals surface area contributed by atoms with E-state index in [1.54, 1.807) is 18.2 Å². The van der Waals surface area contributed by atoms with E-state index in [-0.39, 0.29) is 11.4 Å². The average Bonchev–Trinajstić information content (AvgIpc) is 2.99. The predicted molar refractivity (Wildman–Crippen MR) is 76.9 cm³/mol. The van der Waals surface area contributed by atoms with Crippen molar-refractivity contribution in [2.45, 2.75) is 17.7 Å². The predicted octanol–water partition coefficient (Wildman–Crippen LogP) is 0.790. The summed E-state index contributed by atoms with van der Waals surface area (Å²) in [6.07, 6.45) is 1.82. The molecule has 108 valence electrons. The lowest BCUT2D eigenvalue weighted by Crippen LogP contribution is -2.27. The second-order valence-corrected chi connectivity index (χ2v) is 6.42. The van der Waals surface area contributed by atoms with E-state index in [9.17, 15) is 8.42 Å². The molecule has 1 aliphatic rings. The quantitative estimate of drug-likeness (QED) is 0.837. The Morgan fingerprint density at radius 3 is 2.65 bits per heavy atom. The largest absolute Gasteiger partial charge is 0.495 e. The zero-order valence-electron chi connectivity index (χ0n) is 11.4. The maximum Gasteiger partial charge on any atom is 0.243 e. The van der Waals surface area contributed by atoms with Gasteiger partial charge in [-0.25, -0.2) is 8.42 Å². The number of nitrogens with two attached hydrogens (primary N) is 1. The molecule has 0 aliphatic carbocycles. The van der Waals surface area contributed by atoms with Crippen molar-refractivity contribution in [1.82, 2.24) is 4.31 Å². The van der Waals surface area contributed by atoms with Crippen molar-refractivity contribution in [3.05, 3.63) is 23.8 Å². The van der Waals surface area contributed by atoms with E-state index in [0.29, 0.717) is 24.4 Å². The lowest BCUT2D eigenvalue weighted by atomic mass is 10.2. The fourth-order valence-corrected chi connectivity index (χ4v) is 3.71. The van der Waals surface area contributed by atoms with Crippen LogP contribution in [0.1, 0.15) is 18.4 Å². The molecule has 0 bridgehead atoms. The normalized spacial score (nSPS) is 15.7. The first-order valence-electron chi connectivity index (χ1n) is 6.46. The summed E-state index contributed by atoms with van der Waals surface area (Å²) in [7, 11) is -1.91. The Morgan fingerprint density at radius 1 is 1.35 bits per heavy atom. The summed E-state index contributed by atoms with van der Waals surface area (Å²) in [6.45, 7) is 1.38. The minimum atomic E-state index is -3.43. The summed E-state index contributed by atoms with van der Waals surface area (Å²) in [5, 5.41) is 0. The summed E-state index contributed by atoms with van der Waals surface area (Å²) < 4.78 is 31.6. The lowest BCUT2D eigenvalue weighted by Gasteiger charge is -2.16. The third kappa shape index (κ3) is 2.96. The van der Waals surface area contributed by atoms with Gasteiger partial charge in [0.05, 0.1) is 24.1 Å². The van der Waals surface area contributed by atoms with Crippen LogP contribution in [-0.4, -0.2) is 39.5 Å². The van der Waals surface area contributed by atoms with Crippen molar-refractivity contribution in [3.8, 4) is 17.6 Å². The van der Waals surface area contributed by atoms with E-state index in [1.165, 1.54) is 11.4 Å². The molecule has 6 heteroatoms. The number of hydrogen-bond acceptors (Lipinski definition) is 4. The fourth-order valence-electron chi connectivity index (χ4n) is 2.17. The minimum absolute atomic E-state index is 0.215. The van der Waals surface area contributed by atoms with Crippen LogP contribution in [0.3, 0.4) is 0 Å². The summed E-state index contributed by atoms with van der Waals surface area (Å²) in [6, 6.07) is 4.73. The molecule has 2 rings (SSSR count). The van der Waals surface area contributed by atoms with Crippen LogP contribution in [-0.2, 0) is 10.0 Å². The van der Waals surface area contributed by atoms with E-state index < -0.39 is 10.0 Å². The maximum absolute atomic E-state index is 12.5. The van der Waals surface area contributed by atoms with E-state index in [1.807, 2.05) is 0 Å². The van der Waals surface area contributed by atoms with E-state index >= 15 is 0 Å². The molecule has 0 atom stereocenters. The number of methoxy groups -OCH3 is 1. The van der Waals surface area contributed by atoms with Gasteiger partial charge in [0.2, 0.25) is 10.0 Å². The van der Waals surface area contributed by atoms with Crippen LogP contribution in [0.25, 0.3) is 0 Å². The van der Waals surface area contributed by atoms with Crippen molar-refractivity contribution >= 4 is 10.0 Å². The molecule has 1 aromatic carbocycles. The molecule has 0 amide bonds. The third-order valence-electron chi connectivity index (χ3n) is 3.20. The van der Waals surface area contributed by atoms with E-state index in [0.717, 1.165) is 12.8 Å². The first-order valence-corrected chi connectivity index (χ1v) is 7.90. The van der Waals surface area contributed by atoms with Gasteiger partial charge in [-0.15, -0.1) is 0 Å². The van der Waals surface area contributed by atoms with Crippen LogP contribution >= 0.6 is 0 Å². The van der Waals surface area contributed by atoms with Gasteiger partial charge in [0.15, 0.2) is 0 Å². The van der Waals surface area contributed by atoms with E-state index in [2.05, 4.69) is 11.8 Å². The van der Waals surface area contributed by atoms with Gasteiger partial charge in [0.25, 0.3) is 0 Å². The Bertz CT molecular complexity index is 638. The third-order valence-corrected chi connectivity index (χ3v) is 5.09. The van der Waals surface area contributed by atoms with Gasteiger partial charge < -0.3 is 10.5 Å². The average molecular weight is 294 g/mol. The molecule has 1 aliphatic heterocycles. The van der Waals surface area contributed by atoms with Crippen LogP contribution in [0.4, 0.5) is 0 Å². The summed E-state index contributed by atoms with van der Waals surface area (Å²) in [5.41, 5.74) is 5.89. The van der Waals surface area contributed by atoms with Gasteiger partial charge in [0.1, 0.15) is 5.75 Å². The first kappa shape index (κ1) is 14.9. The second-order valence-electron chi connectivity index (χ2n) is 4.48. The molecular weight excluding hydrogens is 276 g/mol. The van der Waals surface area contributed by atoms with Gasteiger partial charge >= 0.3 is 0 Å². The highest BCUT2D eigenvalue weighted by Crippen LogP contribution is 2.25. The number of nitrogens with zero attached hydrogens (tertiary/aromatic N) is 1. The molecule has 1 fully saturated rings. The SMILES string of the molecule is COc1ccc(S(=O)(=O)N2CCCC2)cc1C#CCN. The Kier molecular flexibility index (Phi) is 4.65. The molecule has 1 aromatic rings. The monoisotopic (exact) mass is 294 g/mol. The first-order chi connectivity index (χ1) is 9.59. The van der Waals surface area contributed by atoms with Crippen molar-refractivity contribution in [3.63, 3.8) is 0 Å². The van der Waals surface area contributed by atoms with Crippen LogP contribution in [0.2, 0.25) is 0 Å². The molecule has 2 N–H and O–H groups in total. The smallest absolute Gasteiger partial charge is 0.243 e. The number of rotatable bonds is 3. The molecule has 0 spiro atoms.